The van der Waals surface area contributed by atoms with Crippen LogP contribution >= 0.6 is 0 Å². The van der Waals surface area contributed by atoms with E-state index in [0.717, 1.165) is 24.5 Å². The largest absolute Gasteiger partial charge is 0.416 e. The lowest BCUT2D eigenvalue weighted by Crippen LogP contribution is -2.22. The van der Waals surface area contributed by atoms with Gasteiger partial charge in [0.1, 0.15) is 6.73 Å². The summed E-state index contributed by atoms with van der Waals surface area (Å²) >= 11 is 0. The molecule has 2 aromatic rings. The van der Waals surface area contributed by atoms with Crippen molar-refractivity contribution in [2.24, 2.45) is 0 Å². The second-order valence-corrected chi connectivity index (χ2v) is 13.0. The van der Waals surface area contributed by atoms with Crippen LogP contribution in [0.5, 0.6) is 0 Å². The number of ether oxygens (including phenoxy) is 1. The average Bonchev–Trinajstić information content (AvgIpc) is 2.98. The van der Waals surface area contributed by atoms with Crippen LogP contribution in [-0.2, 0) is 17.6 Å². The van der Waals surface area contributed by atoms with Crippen molar-refractivity contribution in [3.8, 4) is 11.8 Å². The number of carbonyl (C=O) groups is 1. The summed E-state index contributed by atoms with van der Waals surface area (Å²) in [4.78, 5) is 11.2. The average molecular weight is 393 g/mol. The highest BCUT2D eigenvalue weighted by molar-refractivity contribution is 6.76. The highest BCUT2D eigenvalue weighted by Gasteiger charge is 2.29. The molecule has 0 radical (unpaired) electrons. The van der Waals surface area contributed by atoms with Gasteiger partial charge in [0.05, 0.1) is 11.3 Å². The molecule has 0 spiro atoms. The van der Waals surface area contributed by atoms with Gasteiger partial charge >= 0.3 is 6.18 Å². The van der Waals surface area contributed by atoms with Gasteiger partial charge in [-0.3, -0.25) is 4.79 Å². The molecule has 0 atom stereocenters. The summed E-state index contributed by atoms with van der Waals surface area (Å²) in [5, 5.41) is 0. The molecule has 0 saturated heterocycles. The fraction of sp³-hybridized carbons (Fsp3) is 0.350. The Bertz CT molecular complexity index is 837. The monoisotopic (exact) mass is 393 g/mol. The van der Waals surface area contributed by atoms with Gasteiger partial charge in [0.2, 0.25) is 0 Å². The van der Waals surface area contributed by atoms with Crippen molar-refractivity contribution in [1.29, 1.82) is 0 Å². The first-order chi connectivity index (χ1) is 12.6. The van der Waals surface area contributed by atoms with Gasteiger partial charge in [-0.15, -0.1) is 0 Å². The van der Waals surface area contributed by atoms with Crippen molar-refractivity contribution in [2.75, 3.05) is 6.61 Å². The summed E-state index contributed by atoms with van der Waals surface area (Å²) in [6, 6.07) is 7.31. The van der Waals surface area contributed by atoms with E-state index in [0.29, 0.717) is 23.4 Å². The van der Waals surface area contributed by atoms with Gasteiger partial charge in [-0.05, 0) is 36.4 Å². The Balaban J connectivity index is 2.05. The second-order valence-electron chi connectivity index (χ2n) is 7.41. The van der Waals surface area contributed by atoms with E-state index in [4.69, 9.17) is 4.74 Å². The molecule has 3 nitrogen and oxygen atoms in total. The molecule has 1 heterocycles. The van der Waals surface area contributed by atoms with E-state index in [-0.39, 0.29) is 6.73 Å². The Kier molecular flexibility index (Phi) is 6.68. The van der Waals surface area contributed by atoms with Crippen molar-refractivity contribution in [3.63, 3.8) is 0 Å². The number of hydrogen-bond acceptors (Lipinski definition) is 2. The number of carbonyl (C=O) groups excluding carboxylic acids is 1. The molecule has 0 unspecified atom stereocenters. The number of nitrogens with zero attached hydrogens (tertiary/aromatic N) is 1. The van der Waals surface area contributed by atoms with Crippen LogP contribution in [0.1, 0.15) is 27.2 Å². The third kappa shape index (κ3) is 6.74. The first-order valence-corrected chi connectivity index (χ1v) is 12.2. The highest BCUT2D eigenvalue weighted by atomic mass is 28.3. The van der Waals surface area contributed by atoms with E-state index in [2.05, 4.69) is 31.5 Å². The molecule has 144 valence electrons. The standard InChI is InChI=1S/C20H22F3NO2Si/c1-27(2,3)11-10-26-15-24-13-17(12-19(24)14-25)5-4-16-6-8-18(9-7-16)20(21,22)23/h6-9,12-14H,10-11,15H2,1-3H3. The first-order valence-electron chi connectivity index (χ1n) is 8.51. The van der Waals surface area contributed by atoms with Crippen molar-refractivity contribution in [1.82, 2.24) is 4.57 Å². The zero-order valence-corrected chi connectivity index (χ0v) is 16.6. The van der Waals surface area contributed by atoms with E-state index in [1.54, 1.807) is 16.8 Å². The van der Waals surface area contributed by atoms with Crippen LogP contribution in [0.2, 0.25) is 25.7 Å². The van der Waals surface area contributed by atoms with E-state index in [1.807, 2.05) is 0 Å². The van der Waals surface area contributed by atoms with Crippen molar-refractivity contribution in [2.45, 2.75) is 38.6 Å². The lowest BCUT2D eigenvalue weighted by Gasteiger charge is -2.15. The molecular weight excluding hydrogens is 371 g/mol. The zero-order chi connectivity index (χ0) is 20.1. The van der Waals surface area contributed by atoms with Crippen molar-refractivity contribution >= 4 is 14.4 Å². The number of hydrogen-bond donors (Lipinski definition) is 0. The molecule has 2 rings (SSSR count). The summed E-state index contributed by atoms with van der Waals surface area (Å²) < 4.78 is 45.0. The van der Waals surface area contributed by atoms with Crippen LogP contribution in [0.4, 0.5) is 13.2 Å². The van der Waals surface area contributed by atoms with Gasteiger partial charge in [-0.25, -0.2) is 0 Å². The Hall–Kier alpha value is -2.30. The van der Waals surface area contributed by atoms with Crippen LogP contribution in [-0.4, -0.2) is 25.5 Å². The summed E-state index contributed by atoms with van der Waals surface area (Å²) in [6.45, 7) is 7.69. The number of aromatic nitrogens is 1. The van der Waals surface area contributed by atoms with E-state index >= 15 is 0 Å². The fourth-order valence-corrected chi connectivity index (χ4v) is 2.99. The maximum Gasteiger partial charge on any atom is 0.416 e. The minimum Gasteiger partial charge on any atom is -0.361 e. The van der Waals surface area contributed by atoms with Gasteiger partial charge in [0.25, 0.3) is 0 Å². The van der Waals surface area contributed by atoms with E-state index < -0.39 is 19.8 Å². The highest BCUT2D eigenvalue weighted by Crippen LogP contribution is 2.28. The number of rotatable bonds is 6. The zero-order valence-electron chi connectivity index (χ0n) is 15.6. The topological polar surface area (TPSA) is 31.2 Å². The molecule has 1 aromatic carbocycles. The molecule has 0 fully saturated rings. The SMILES string of the molecule is C[Si](C)(C)CCOCn1cc(C#Cc2ccc(C(F)(F)F)cc2)cc1C=O. The maximum atomic E-state index is 12.6. The van der Waals surface area contributed by atoms with Gasteiger partial charge in [0, 0.05) is 32.0 Å². The second kappa shape index (κ2) is 8.59. The Morgan fingerprint density at radius 2 is 1.74 bits per heavy atom. The Morgan fingerprint density at radius 3 is 2.30 bits per heavy atom. The predicted octanol–water partition coefficient (Wildman–Crippen LogP) is 5.03. The normalized spacial score (nSPS) is 11.8. The molecule has 0 amide bonds. The predicted molar refractivity (Wildman–Crippen MR) is 101 cm³/mol. The molecule has 0 aliphatic heterocycles. The number of aldehydes is 1. The van der Waals surface area contributed by atoms with Crippen LogP contribution in [0.25, 0.3) is 0 Å². The van der Waals surface area contributed by atoms with Gasteiger partial charge in [0.15, 0.2) is 6.29 Å². The van der Waals surface area contributed by atoms with E-state index in [9.17, 15) is 18.0 Å². The summed E-state index contributed by atoms with van der Waals surface area (Å²) in [7, 11) is -1.17. The third-order valence-corrected chi connectivity index (χ3v) is 5.54. The molecule has 0 saturated carbocycles. The molecule has 0 aliphatic carbocycles. The lowest BCUT2D eigenvalue weighted by atomic mass is 10.1. The van der Waals surface area contributed by atoms with Crippen LogP contribution in [0, 0.1) is 11.8 Å². The molecule has 27 heavy (non-hydrogen) atoms. The Labute approximate surface area is 158 Å². The first kappa shape index (κ1) is 21.0. The lowest BCUT2D eigenvalue weighted by molar-refractivity contribution is -0.137. The Morgan fingerprint density at radius 1 is 1.11 bits per heavy atom. The molecule has 1 aromatic heterocycles. The van der Waals surface area contributed by atoms with Crippen molar-refractivity contribution < 1.29 is 22.7 Å². The molecule has 0 N–H and O–H groups in total. The molecule has 0 bridgehead atoms. The fourth-order valence-electron chi connectivity index (χ4n) is 2.23. The smallest absolute Gasteiger partial charge is 0.361 e. The van der Waals surface area contributed by atoms with E-state index in [1.165, 1.54) is 12.1 Å². The van der Waals surface area contributed by atoms with Gasteiger partial charge < -0.3 is 9.30 Å². The molecular formula is C20H22F3NO2Si. The van der Waals surface area contributed by atoms with Crippen LogP contribution in [0.3, 0.4) is 0 Å². The summed E-state index contributed by atoms with van der Waals surface area (Å²) in [6.07, 6.45) is -1.93. The molecule has 0 aliphatic rings. The van der Waals surface area contributed by atoms with Crippen LogP contribution < -0.4 is 0 Å². The number of alkyl halides is 3. The third-order valence-electron chi connectivity index (χ3n) is 3.84. The van der Waals surface area contributed by atoms with Crippen molar-refractivity contribution in [3.05, 3.63) is 58.9 Å². The molecule has 7 heteroatoms. The number of halogens is 3. The minimum absolute atomic E-state index is 0.264. The van der Waals surface area contributed by atoms with Gasteiger partial charge in [-0.2, -0.15) is 13.2 Å². The van der Waals surface area contributed by atoms with Crippen LogP contribution in [0.15, 0.2) is 36.5 Å². The maximum absolute atomic E-state index is 12.6. The quantitative estimate of drug-likeness (QED) is 0.298. The number of benzene rings is 1. The van der Waals surface area contributed by atoms with Gasteiger partial charge in [-0.1, -0.05) is 31.5 Å². The summed E-state index contributed by atoms with van der Waals surface area (Å²) in [5.41, 5.74) is 0.804. The minimum atomic E-state index is -4.36. The summed E-state index contributed by atoms with van der Waals surface area (Å²) in [5.74, 6) is 5.68.